The average Bonchev–Trinajstić information content (AvgIpc) is 3.08. The zero-order chi connectivity index (χ0) is 19.2. The van der Waals surface area contributed by atoms with Gasteiger partial charge >= 0.3 is 5.97 Å². The van der Waals surface area contributed by atoms with E-state index in [9.17, 15) is 9.59 Å². The minimum absolute atomic E-state index is 0.0458. The maximum atomic E-state index is 12.7. The third kappa shape index (κ3) is 2.78. The number of hydrogen-bond acceptors (Lipinski definition) is 3. The van der Waals surface area contributed by atoms with E-state index < -0.39 is 0 Å². The molecule has 4 rings (SSSR count). The van der Waals surface area contributed by atoms with E-state index in [2.05, 4.69) is 12.8 Å². The van der Waals surface area contributed by atoms with Crippen LogP contribution in [0, 0.1) is 52.8 Å². The number of fused-ring (bicyclic) bond motifs is 5. The lowest BCUT2D eigenvalue weighted by Crippen LogP contribution is -2.55. The Morgan fingerprint density at radius 1 is 1.22 bits per heavy atom. The van der Waals surface area contributed by atoms with Gasteiger partial charge in [0.2, 0.25) is 0 Å². The Hall–Kier alpha value is -1.30. The Labute approximate surface area is 164 Å². The summed E-state index contributed by atoms with van der Waals surface area (Å²) in [6, 6.07) is 0. The molecule has 0 aliphatic heterocycles. The van der Waals surface area contributed by atoms with E-state index in [-0.39, 0.29) is 17.3 Å². The van der Waals surface area contributed by atoms with Crippen molar-refractivity contribution in [1.29, 1.82) is 0 Å². The van der Waals surface area contributed by atoms with Crippen molar-refractivity contribution in [1.82, 2.24) is 0 Å². The summed E-state index contributed by atoms with van der Waals surface area (Å²) in [5, 5.41) is 0. The predicted molar refractivity (Wildman–Crippen MR) is 105 cm³/mol. The number of rotatable bonds is 3. The van der Waals surface area contributed by atoms with Gasteiger partial charge in [0, 0.05) is 12.8 Å². The molecular formula is C24H34O3. The molecule has 3 nitrogen and oxygen atoms in total. The fourth-order valence-corrected chi connectivity index (χ4v) is 7.95. The Morgan fingerprint density at radius 3 is 2.78 bits per heavy atom. The minimum Gasteiger partial charge on any atom is -0.465 e. The van der Waals surface area contributed by atoms with Crippen molar-refractivity contribution < 1.29 is 14.3 Å². The van der Waals surface area contributed by atoms with E-state index in [1.54, 1.807) is 0 Å². The minimum atomic E-state index is -0.385. The molecule has 4 aliphatic carbocycles. The summed E-state index contributed by atoms with van der Waals surface area (Å²) < 4.78 is 5.39. The average molecular weight is 371 g/mol. The number of ether oxygens (including phenoxy) is 1. The monoisotopic (exact) mass is 370 g/mol. The second kappa shape index (κ2) is 6.94. The first-order valence-corrected chi connectivity index (χ1v) is 11.1. The molecule has 4 fully saturated rings. The fourth-order valence-electron chi connectivity index (χ4n) is 7.95. The van der Waals surface area contributed by atoms with Crippen molar-refractivity contribution in [2.45, 2.75) is 78.1 Å². The van der Waals surface area contributed by atoms with Crippen LogP contribution >= 0.6 is 0 Å². The van der Waals surface area contributed by atoms with E-state index in [1.807, 2.05) is 6.92 Å². The zero-order valence-corrected chi connectivity index (χ0v) is 17.0. The van der Waals surface area contributed by atoms with Gasteiger partial charge in [-0.05, 0) is 86.4 Å². The molecule has 4 aliphatic rings. The van der Waals surface area contributed by atoms with Crippen molar-refractivity contribution in [3.63, 3.8) is 0 Å². The van der Waals surface area contributed by atoms with Gasteiger partial charge in [-0.15, -0.1) is 6.42 Å². The van der Waals surface area contributed by atoms with Crippen molar-refractivity contribution in [2.24, 2.45) is 40.4 Å². The highest BCUT2D eigenvalue weighted by Gasteiger charge is 2.62. The lowest BCUT2D eigenvalue weighted by atomic mass is 9.44. The molecule has 3 heteroatoms. The van der Waals surface area contributed by atoms with E-state index in [4.69, 9.17) is 11.2 Å². The van der Waals surface area contributed by atoms with Crippen molar-refractivity contribution in [3.05, 3.63) is 0 Å². The molecule has 0 heterocycles. The lowest BCUT2D eigenvalue weighted by Gasteiger charge is -2.60. The number of carbonyl (C=O) groups excluding carboxylic acids is 2. The number of terminal acetylenes is 1. The van der Waals surface area contributed by atoms with E-state index in [0.29, 0.717) is 41.5 Å². The van der Waals surface area contributed by atoms with Crippen LogP contribution in [0.15, 0.2) is 0 Å². The number of esters is 1. The summed E-state index contributed by atoms with van der Waals surface area (Å²) in [6.07, 6.45) is 16.6. The van der Waals surface area contributed by atoms with Crippen LogP contribution in [0.4, 0.5) is 0 Å². The van der Waals surface area contributed by atoms with E-state index >= 15 is 0 Å². The van der Waals surface area contributed by atoms with Crippen LogP contribution in [0.3, 0.4) is 0 Å². The molecule has 7 atom stereocenters. The molecule has 0 amide bonds. The van der Waals surface area contributed by atoms with E-state index in [1.165, 1.54) is 32.1 Å². The van der Waals surface area contributed by atoms with Crippen LogP contribution in [0.2, 0.25) is 0 Å². The molecule has 0 radical (unpaired) electrons. The van der Waals surface area contributed by atoms with Gasteiger partial charge in [-0.1, -0.05) is 19.3 Å². The Kier molecular flexibility index (Phi) is 4.90. The van der Waals surface area contributed by atoms with Gasteiger partial charge in [0.25, 0.3) is 0 Å². The van der Waals surface area contributed by atoms with Crippen LogP contribution in [0.25, 0.3) is 0 Å². The molecule has 0 aromatic rings. The molecule has 0 bridgehead atoms. The Balaban J connectivity index is 1.63. The summed E-state index contributed by atoms with van der Waals surface area (Å²) >= 11 is 0. The second-order valence-corrected chi connectivity index (χ2v) is 9.92. The normalized spacial score (nSPS) is 44.4. The maximum Gasteiger partial charge on any atom is 0.321 e. The standard InChI is InChI=1S/C24H34O3/c1-4-19(22(26)27-5-2)24-12-6-7-21(24)18-9-8-16-15-17(25)10-13-23(16,3)20(18)11-14-24/h1,16,18-21H,5-15H2,2-3H3/t16?,18-,19?,20+,21+,23+,24+/m1/s1. The van der Waals surface area contributed by atoms with Crippen molar-refractivity contribution in [3.8, 4) is 12.3 Å². The molecule has 0 saturated heterocycles. The van der Waals surface area contributed by atoms with E-state index in [0.717, 1.165) is 32.1 Å². The largest absolute Gasteiger partial charge is 0.465 e. The topological polar surface area (TPSA) is 43.4 Å². The smallest absolute Gasteiger partial charge is 0.321 e. The van der Waals surface area contributed by atoms with Gasteiger partial charge in [0.05, 0.1) is 6.61 Å². The van der Waals surface area contributed by atoms with Crippen LogP contribution in [0.5, 0.6) is 0 Å². The second-order valence-electron chi connectivity index (χ2n) is 9.92. The van der Waals surface area contributed by atoms with Gasteiger partial charge in [0.15, 0.2) is 0 Å². The van der Waals surface area contributed by atoms with Crippen LogP contribution < -0.4 is 0 Å². The highest BCUT2D eigenvalue weighted by Crippen LogP contribution is 2.67. The first-order chi connectivity index (χ1) is 13.0. The van der Waals surface area contributed by atoms with Crippen molar-refractivity contribution >= 4 is 11.8 Å². The molecule has 27 heavy (non-hydrogen) atoms. The number of hydrogen-bond donors (Lipinski definition) is 0. The molecule has 0 N–H and O–H groups in total. The molecule has 0 spiro atoms. The van der Waals surface area contributed by atoms with Gasteiger partial charge in [-0.3, -0.25) is 9.59 Å². The SMILES string of the molecule is C#CC(C(=O)OCC)[C@@]12CCC[C@H]1[C@@H]1CCC3CC(=O)CC[C@]3(C)[C@H]1CC2. The summed E-state index contributed by atoms with van der Waals surface area (Å²) in [4.78, 5) is 24.7. The zero-order valence-electron chi connectivity index (χ0n) is 17.0. The third-order valence-corrected chi connectivity index (χ3v) is 9.16. The first-order valence-electron chi connectivity index (χ1n) is 11.1. The van der Waals surface area contributed by atoms with Gasteiger partial charge in [-0.2, -0.15) is 0 Å². The third-order valence-electron chi connectivity index (χ3n) is 9.16. The van der Waals surface area contributed by atoms with Gasteiger partial charge < -0.3 is 4.74 Å². The van der Waals surface area contributed by atoms with Crippen LogP contribution in [-0.4, -0.2) is 18.4 Å². The molecule has 2 unspecified atom stereocenters. The van der Waals surface area contributed by atoms with Gasteiger partial charge in [0.1, 0.15) is 11.7 Å². The lowest BCUT2D eigenvalue weighted by molar-refractivity contribution is -0.161. The predicted octanol–water partition coefficient (Wildman–Crippen LogP) is 4.78. The number of carbonyl (C=O) groups is 2. The molecule has 148 valence electrons. The number of ketones is 1. The van der Waals surface area contributed by atoms with Crippen LogP contribution in [-0.2, 0) is 14.3 Å². The summed E-state index contributed by atoms with van der Waals surface area (Å²) in [7, 11) is 0. The molecule has 4 saturated carbocycles. The highest BCUT2D eigenvalue weighted by atomic mass is 16.5. The first kappa shape index (κ1) is 19.0. The highest BCUT2D eigenvalue weighted by molar-refractivity contribution is 5.79. The Morgan fingerprint density at radius 2 is 2.04 bits per heavy atom. The quantitative estimate of drug-likeness (QED) is 0.530. The number of Topliss-reactive ketones (excluding diaryl/α,β-unsaturated/α-hetero) is 1. The maximum absolute atomic E-state index is 12.7. The molecule has 0 aromatic carbocycles. The fraction of sp³-hybridized carbons (Fsp3) is 0.833. The molecule has 0 aromatic heterocycles. The Bertz CT molecular complexity index is 661. The summed E-state index contributed by atoms with van der Waals surface area (Å²) in [5.74, 6) is 5.27. The van der Waals surface area contributed by atoms with Crippen molar-refractivity contribution in [2.75, 3.05) is 6.61 Å². The summed E-state index contributed by atoms with van der Waals surface area (Å²) in [6.45, 7) is 4.73. The summed E-state index contributed by atoms with van der Waals surface area (Å²) in [5.41, 5.74) is 0.261. The molecular weight excluding hydrogens is 336 g/mol. The van der Waals surface area contributed by atoms with Crippen LogP contribution in [0.1, 0.15) is 78.1 Å². The van der Waals surface area contributed by atoms with Gasteiger partial charge in [-0.25, -0.2) is 0 Å².